The highest BCUT2D eigenvalue weighted by atomic mass is 32.1. The van der Waals surface area contributed by atoms with E-state index in [1.807, 2.05) is 11.3 Å². The molecule has 8 aromatic carbocycles. The molecular formula is C47H33NS. The molecule has 10 rings (SSSR count). The molecule has 49 heavy (non-hydrogen) atoms. The van der Waals surface area contributed by atoms with Crippen molar-refractivity contribution >= 4 is 70.1 Å². The van der Waals surface area contributed by atoms with Crippen LogP contribution in [0.3, 0.4) is 0 Å². The highest BCUT2D eigenvalue weighted by Gasteiger charge is 2.35. The maximum Gasteiger partial charge on any atom is 0.0540 e. The second-order valence-electron chi connectivity index (χ2n) is 13.7. The van der Waals surface area contributed by atoms with E-state index in [0.29, 0.717) is 0 Å². The molecule has 0 saturated carbocycles. The van der Waals surface area contributed by atoms with E-state index in [9.17, 15) is 0 Å². The predicted molar refractivity (Wildman–Crippen MR) is 212 cm³/mol. The fraction of sp³-hybridized carbons (Fsp3) is 0.0638. The van der Waals surface area contributed by atoms with Crippen molar-refractivity contribution in [3.05, 3.63) is 175 Å². The Hall–Kier alpha value is -5.70. The third-order valence-electron chi connectivity index (χ3n) is 10.7. The molecule has 0 radical (unpaired) electrons. The Bertz CT molecular complexity index is 2760. The summed E-state index contributed by atoms with van der Waals surface area (Å²) in [5.74, 6) is 0. The lowest BCUT2D eigenvalue weighted by Crippen LogP contribution is -2.15. The Balaban J connectivity index is 1.29. The van der Waals surface area contributed by atoms with Crippen LogP contribution in [0.4, 0.5) is 17.1 Å². The summed E-state index contributed by atoms with van der Waals surface area (Å²) < 4.78 is 2.65. The molecule has 0 bridgehead atoms. The molecule has 0 saturated heterocycles. The van der Waals surface area contributed by atoms with Gasteiger partial charge in [0.15, 0.2) is 0 Å². The molecule has 1 aliphatic carbocycles. The lowest BCUT2D eigenvalue weighted by molar-refractivity contribution is 0.660. The van der Waals surface area contributed by atoms with Gasteiger partial charge in [0.1, 0.15) is 0 Å². The average Bonchev–Trinajstić information content (AvgIpc) is 3.64. The molecule has 0 atom stereocenters. The fourth-order valence-electron chi connectivity index (χ4n) is 8.37. The Kier molecular flexibility index (Phi) is 6.16. The first kappa shape index (κ1) is 28.3. The largest absolute Gasteiger partial charge is 0.309 e. The van der Waals surface area contributed by atoms with Crippen LogP contribution < -0.4 is 4.90 Å². The number of nitrogens with zero attached hydrogens (tertiary/aromatic N) is 1. The van der Waals surface area contributed by atoms with Crippen LogP contribution in [0.25, 0.3) is 64.0 Å². The number of rotatable bonds is 4. The second-order valence-corrected chi connectivity index (χ2v) is 14.8. The number of hydrogen-bond acceptors (Lipinski definition) is 2. The first-order chi connectivity index (χ1) is 24.1. The van der Waals surface area contributed by atoms with Crippen LogP contribution in [-0.4, -0.2) is 0 Å². The maximum atomic E-state index is 2.51. The van der Waals surface area contributed by atoms with Gasteiger partial charge in [-0.3, -0.25) is 0 Å². The monoisotopic (exact) mass is 643 g/mol. The highest BCUT2D eigenvalue weighted by molar-refractivity contribution is 7.26. The first-order valence-electron chi connectivity index (χ1n) is 17.0. The number of hydrogen-bond donors (Lipinski definition) is 0. The summed E-state index contributed by atoms with van der Waals surface area (Å²) >= 11 is 1.88. The molecular weight excluding hydrogens is 611 g/mol. The van der Waals surface area contributed by atoms with Crippen LogP contribution in [0.2, 0.25) is 0 Å². The van der Waals surface area contributed by atoms with Gasteiger partial charge in [-0.2, -0.15) is 0 Å². The van der Waals surface area contributed by atoms with Crippen LogP contribution in [0.5, 0.6) is 0 Å². The van der Waals surface area contributed by atoms with Crippen molar-refractivity contribution in [1.82, 2.24) is 0 Å². The molecule has 2 heteroatoms. The minimum Gasteiger partial charge on any atom is -0.309 e. The van der Waals surface area contributed by atoms with E-state index >= 15 is 0 Å². The lowest BCUT2D eigenvalue weighted by Gasteiger charge is -2.30. The summed E-state index contributed by atoms with van der Waals surface area (Å²) in [6.07, 6.45) is 0. The highest BCUT2D eigenvalue weighted by Crippen LogP contribution is 2.52. The van der Waals surface area contributed by atoms with E-state index in [1.165, 1.54) is 80.8 Å². The van der Waals surface area contributed by atoms with Crippen molar-refractivity contribution < 1.29 is 0 Å². The molecule has 1 heterocycles. The number of para-hydroxylation sites is 1. The molecule has 0 fully saturated rings. The number of thiophene rings is 1. The standard InChI is InChI=1S/C47H33NS/c1-47(2)40-21-8-5-16-34(40)39-29-31(25-27-41(39)47)48(42-22-9-6-17-35(42)33-19-11-14-30-13-3-4-15-32(30)33)43-23-12-20-37-36(43)26-28-45-46(37)38-18-7-10-24-44(38)49-45/h3-29H,1-2H3. The maximum absolute atomic E-state index is 2.51. The van der Waals surface area contributed by atoms with Crippen LogP contribution in [-0.2, 0) is 5.41 Å². The van der Waals surface area contributed by atoms with Crippen LogP contribution >= 0.6 is 11.3 Å². The molecule has 0 aliphatic heterocycles. The summed E-state index contributed by atoms with van der Waals surface area (Å²) in [5.41, 5.74) is 11.3. The normalized spacial score (nSPS) is 13.3. The van der Waals surface area contributed by atoms with Gasteiger partial charge in [0.25, 0.3) is 0 Å². The summed E-state index contributed by atoms with van der Waals surface area (Å²) in [5, 5.41) is 7.69. The third kappa shape index (κ3) is 4.17. The molecule has 1 nitrogen and oxygen atoms in total. The van der Waals surface area contributed by atoms with Gasteiger partial charge in [-0.15, -0.1) is 11.3 Å². The third-order valence-corrected chi connectivity index (χ3v) is 11.8. The summed E-state index contributed by atoms with van der Waals surface area (Å²) in [4.78, 5) is 2.51. The topological polar surface area (TPSA) is 3.24 Å². The van der Waals surface area contributed by atoms with Gasteiger partial charge in [0.2, 0.25) is 0 Å². The summed E-state index contributed by atoms with van der Waals surface area (Å²) in [6.45, 7) is 4.71. The average molecular weight is 644 g/mol. The number of benzene rings is 8. The van der Waals surface area contributed by atoms with Gasteiger partial charge >= 0.3 is 0 Å². The van der Waals surface area contributed by atoms with Gasteiger partial charge in [0, 0.05) is 42.2 Å². The molecule has 0 N–H and O–H groups in total. The molecule has 0 amide bonds. The quantitative estimate of drug-likeness (QED) is 0.184. The van der Waals surface area contributed by atoms with Crippen LogP contribution in [0.1, 0.15) is 25.0 Å². The zero-order valence-corrected chi connectivity index (χ0v) is 28.3. The van der Waals surface area contributed by atoms with E-state index in [-0.39, 0.29) is 5.41 Å². The van der Waals surface area contributed by atoms with E-state index in [4.69, 9.17) is 0 Å². The molecule has 9 aromatic rings. The number of anilines is 3. The second kappa shape index (κ2) is 10.7. The lowest BCUT2D eigenvalue weighted by atomic mass is 9.82. The van der Waals surface area contributed by atoms with Gasteiger partial charge < -0.3 is 4.90 Å². The number of fused-ring (bicyclic) bond motifs is 9. The Morgan fingerprint density at radius 2 is 1.08 bits per heavy atom. The zero-order chi connectivity index (χ0) is 32.7. The van der Waals surface area contributed by atoms with Gasteiger partial charge in [0.05, 0.1) is 11.4 Å². The predicted octanol–water partition coefficient (Wildman–Crippen LogP) is 13.8. The first-order valence-corrected chi connectivity index (χ1v) is 17.8. The van der Waals surface area contributed by atoms with Gasteiger partial charge in [-0.25, -0.2) is 0 Å². The molecule has 0 spiro atoms. The Morgan fingerprint density at radius 1 is 0.429 bits per heavy atom. The summed E-state index contributed by atoms with van der Waals surface area (Å²) in [6, 6.07) is 60.7. The molecule has 0 unspecified atom stereocenters. The van der Waals surface area contributed by atoms with E-state index in [1.54, 1.807) is 0 Å². The van der Waals surface area contributed by atoms with E-state index in [0.717, 1.165) is 11.4 Å². The smallest absolute Gasteiger partial charge is 0.0540 e. The van der Waals surface area contributed by atoms with Crippen LogP contribution in [0, 0.1) is 0 Å². The Morgan fingerprint density at radius 3 is 2.00 bits per heavy atom. The van der Waals surface area contributed by atoms with Crippen molar-refractivity contribution in [3.63, 3.8) is 0 Å². The minimum atomic E-state index is -0.0544. The van der Waals surface area contributed by atoms with Crippen molar-refractivity contribution in [2.75, 3.05) is 4.90 Å². The van der Waals surface area contributed by atoms with Gasteiger partial charge in [-0.1, -0.05) is 141 Å². The summed E-state index contributed by atoms with van der Waals surface area (Å²) in [7, 11) is 0. The van der Waals surface area contributed by atoms with Crippen molar-refractivity contribution in [1.29, 1.82) is 0 Å². The van der Waals surface area contributed by atoms with E-state index in [2.05, 4.69) is 183 Å². The SMILES string of the molecule is CC1(C)c2ccccc2-c2cc(N(c3ccccc3-c3cccc4ccccc34)c3cccc4c3ccc3sc5ccccc5c34)ccc21. The van der Waals surface area contributed by atoms with Gasteiger partial charge in [-0.05, 0) is 80.4 Å². The molecule has 1 aromatic heterocycles. The van der Waals surface area contributed by atoms with Crippen molar-refractivity contribution in [2.45, 2.75) is 19.3 Å². The fourth-order valence-corrected chi connectivity index (χ4v) is 9.49. The Labute approximate surface area is 290 Å². The van der Waals surface area contributed by atoms with Crippen molar-refractivity contribution in [3.8, 4) is 22.3 Å². The molecule has 1 aliphatic rings. The minimum absolute atomic E-state index is 0.0544. The van der Waals surface area contributed by atoms with Crippen LogP contribution in [0.15, 0.2) is 164 Å². The zero-order valence-electron chi connectivity index (χ0n) is 27.4. The van der Waals surface area contributed by atoms with Crippen molar-refractivity contribution in [2.24, 2.45) is 0 Å². The molecule has 232 valence electrons. The van der Waals surface area contributed by atoms with E-state index < -0.39 is 0 Å².